The van der Waals surface area contributed by atoms with Gasteiger partial charge in [0.1, 0.15) is 0 Å². The molecule has 0 aliphatic carbocycles. The molecule has 0 amide bonds. The summed E-state index contributed by atoms with van der Waals surface area (Å²) in [6, 6.07) is 0. The van der Waals surface area contributed by atoms with Crippen LogP contribution in [0, 0.1) is 0 Å². The topological polar surface area (TPSA) is 27.7 Å². The van der Waals surface area contributed by atoms with E-state index >= 15 is 0 Å². The Bertz CT molecular complexity index is 186. The molecule has 1 saturated heterocycles. The molecule has 16 heavy (non-hydrogen) atoms. The molecule has 1 aliphatic heterocycles. The number of hydrogen-bond acceptors (Lipinski definition) is 3. The van der Waals surface area contributed by atoms with E-state index in [4.69, 9.17) is 14.0 Å². The summed E-state index contributed by atoms with van der Waals surface area (Å²) < 4.78 is 16.7. The second kappa shape index (κ2) is 6.03. The van der Waals surface area contributed by atoms with Crippen LogP contribution in [0.1, 0.15) is 61.8 Å². The maximum Gasteiger partial charge on any atom is 0.640 e. The average molecular weight is 230 g/mol. The first-order valence-corrected chi connectivity index (χ1v) is 6.17. The van der Waals surface area contributed by atoms with Gasteiger partial charge in [0.05, 0.1) is 11.2 Å². The van der Waals surface area contributed by atoms with Crippen LogP contribution in [0.5, 0.6) is 0 Å². The summed E-state index contributed by atoms with van der Waals surface area (Å²) in [7, 11) is -0.523. The van der Waals surface area contributed by atoms with E-state index in [1.54, 1.807) is 0 Å². The van der Waals surface area contributed by atoms with E-state index in [2.05, 4.69) is 13.8 Å². The third kappa shape index (κ3) is 4.44. The molecule has 0 atom stereocenters. The van der Waals surface area contributed by atoms with Gasteiger partial charge in [-0.15, -0.1) is 0 Å². The smallest absolute Gasteiger partial charge is 0.384 e. The van der Waals surface area contributed by atoms with Crippen molar-refractivity contribution in [2.24, 2.45) is 0 Å². The molecule has 0 spiro atoms. The lowest BCUT2D eigenvalue weighted by Crippen LogP contribution is -2.41. The van der Waals surface area contributed by atoms with Crippen LogP contribution < -0.4 is 0 Å². The van der Waals surface area contributed by atoms with E-state index in [9.17, 15) is 0 Å². The van der Waals surface area contributed by atoms with Gasteiger partial charge in [0, 0.05) is 6.10 Å². The fourth-order valence-electron chi connectivity index (χ4n) is 1.07. The van der Waals surface area contributed by atoms with Gasteiger partial charge in [0.2, 0.25) is 0 Å². The fraction of sp³-hybridized carbons (Fsp3) is 1.00. The minimum atomic E-state index is -0.523. The molecule has 0 radical (unpaired) electrons. The summed E-state index contributed by atoms with van der Waals surface area (Å²) in [5.74, 6) is 0. The fourth-order valence-corrected chi connectivity index (χ4v) is 1.07. The molecule has 1 heterocycles. The van der Waals surface area contributed by atoms with Crippen molar-refractivity contribution >= 4 is 7.32 Å². The van der Waals surface area contributed by atoms with E-state index in [1.807, 2.05) is 41.5 Å². The normalized spacial score (nSPS) is 21.9. The van der Waals surface area contributed by atoms with Crippen LogP contribution in [-0.4, -0.2) is 24.6 Å². The highest BCUT2D eigenvalue weighted by Gasteiger charge is 2.53. The summed E-state index contributed by atoms with van der Waals surface area (Å²) in [5, 5.41) is 0. The maximum atomic E-state index is 5.63. The Labute approximate surface area is 101 Å². The Balaban J connectivity index is 0.000000673. The molecule has 0 aromatic heterocycles. The molecule has 3 nitrogen and oxygen atoms in total. The van der Waals surface area contributed by atoms with Crippen LogP contribution in [0.15, 0.2) is 0 Å². The predicted octanol–water partition coefficient (Wildman–Crippen LogP) is 3.42. The van der Waals surface area contributed by atoms with E-state index in [0.717, 1.165) is 0 Å². The lowest BCUT2D eigenvalue weighted by molar-refractivity contribution is 0.00578. The van der Waals surface area contributed by atoms with Crippen molar-refractivity contribution in [3.05, 3.63) is 0 Å². The maximum absolute atomic E-state index is 5.63. The summed E-state index contributed by atoms with van der Waals surface area (Å²) >= 11 is 0. The van der Waals surface area contributed by atoms with Crippen molar-refractivity contribution in [3.8, 4) is 0 Å². The SMILES string of the molecule is CC(C)OB1OC(C)(C)C(C)(C)O1.CCC. The zero-order valence-electron chi connectivity index (χ0n) is 12.1. The first-order chi connectivity index (χ1) is 7.16. The Kier molecular flexibility index (Phi) is 6.01. The van der Waals surface area contributed by atoms with Gasteiger partial charge in [-0.1, -0.05) is 20.3 Å². The van der Waals surface area contributed by atoms with Crippen molar-refractivity contribution in [3.63, 3.8) is 0 Å². The van der Waals surface area contributed by atoms with Gasteiger partial charge in [0.15, 0.2) is 0 Å². The number of rotatable bonds is 2. The van der Waals surface area contributed by atoms with Gasteiger partial charge in [-0.05, 0) is 41.5 Å². The van der Waals surface area contributed by atoms with Crippen molar-refractivity contribution in [2.45, 2.75) is 79.1 Å². The van der Waals surface area contributed by atoms with Gasteiger partial charge in [0.25, 0.3) is 0 Å². The highest BCUT2D eigenvalue weighted by Crippen LogP contribution is 2.36. The number of hydrogen-bond donors (Lipinski definition) is 0. The van der Waals surface area contributed by atoms with Gasteiger partial charge < -0.3 is 14.0 Å². The molecule has 0 N–H and O–H groups in total. The second-order valence-electron chi connectivity index (χ2n) is 5.44. The van der Waals surface area contributed by atoms with Crippen molar-refractivity contribution < 1.29 is 14.0 Å². The summed E-state index contributed by atoms with van der Waals surface area (Å²) in [4.78, 5) is 0. The van der Waals surface area contributed by atoms with Crippen molar-refractivity contribution in [2.75, 3.05) is 0 Å². The first-order valence-electron chi connectivity index (χ1n) is 6.17. The largest absolute Gasteiger partial charge is 0.640 e. The van der Waals surface area contributed by atoms with Gasteiger partial charge >= 0.3 is 7.32 Å². The summed E-state index contributed by atoms with van der Waals surface area (Å²) in [6.45, 7) is 16.2. The molecule has 1 aliphatic rings. The zero-order chi connectivity index (χ0) is 13.0. The summed E-state index contributed by atoms with van der Waals surface area (Å²) in [6.07, 6.45) is 1.37. The van der Waals surface area contributed by atoms with Crippen LogP contribution in [-0.2, 0) is 14.0 Å². The van der Waals surface area contributed by atoms with Gasteiger partial charge in [-0.25, -0.2) is 0 Å². The van der Waals surface area contributed by atoms with Crippen LogP contribution in [0.25, 0.3) is 0 Å². The molecule has 0 aromatic carbocycles. The molecule has 0 bridgehead atoms. The van der Waals surface area contributed by atoms with E-state index in [0.29, 0.717) is 0 Å². The van der Waals surface area contributed by atoms with E-state index in [-0.39, 0.29) is 17.3 Å². The van der Waals surface area contributed by atoms with Crippen LogP contribution in [0.2, 0.25) is 0 Å². The molecule has 1 rings (SSSR count). The molecule has 96 valence electrons. The van der Waals surface area contributed by atoms with Crippen molar-refractivity contribution in [1.82, 2.24) is 0 Å². The van der Waals surface area contributed by atoms with Gasteiger partial charge in [-0.2, -0.15) is 0 Å². The summed E-state index contributed by atoms with van der Waals surface area (Å²) in [5.41, 5.74) is -0.598. The Morgan fingerprint density at radius 2 is 1.31 bits per heavy atom. The first kappa shape index (κ1) is 15.9. The average Bonchev–Trinajstić information content (AvgIpc) is 2.19. The molecule has 4 heteroatoms. The quantitative estimate of drug-likeness (QED) is 0.680. The zero-order valence-corrected chi connectivity index (χ0v) is 12.1. The van der Waals surface area contributed by atoms with Gasteiger partial charge in [-0.3, -0.25) is 0 Å². The molecular formula is C12H27BO3. The molecule has 0 saturated carbocycles. The molecule has 0 aromatic rings. The van der Waals surface area contributed by atoms with Crippen LogP contribution in [0.3, 0.4) is 0 Å². The van der Waals surface area contributed by atoms with E-state index in [1.165, 1.54) is 6.42 Å². The van der Waals surface area contributed by atoms with Crippen molar-refractivity contribution in [1.29, 1.82) is 0 Å². The molecular weight excluding hydrogens is 203 g/mol. The van der Waals surface area contributed by atoms with Crippen LogP contribution >= 0.6 is 0 Å². The third-order valence-corrected chi connectivity index (χ3v) is 2.61. The lowest BCUT2D eigenvalue weighted by atomic mass is 9.90. The van der Waals surface area contributed by atoms with E-state index < -0.39 is 7.32 Å². The molecule has 1 fully saturated rings. The monoisotopic (exact) mass is 230 g/mol. The highest BCUT2D eigenvalue weighted by molar-refractivity contribution is 6.37. The molecule has 0 unspecified atom stereocenters. The second-order valence-corrected chi connectivity index (χ2v) is 5.44. The minimum absolute atomic E-state index is 0.120. The Hall–Kier alpha value is -0.0551. The van der Waals surface area contributed by atoms with Crippen LogP contribution in [0.4, 0.5) is 0 Å². The lowest BCUT2D eigenvalue weighted by Gasteiger charge is -2.31. The Morgan fingerprint density at radius 1 is 1.00 bits per heavy atom. The third-order valence-electron chi connectivity index (χ3n) is 2.61. The Morgan fingerprint density at radius 3 is 1.56 bits per heavy atom. The highest BCUT2D eigenvalue weighted by atomic mass is 16.8. The minimum Gasteiger partial charge on any atom is -0.384 e. The standard InChI is InChI=1S/C9H19BO3.C3H8/c1-7(2)11-10-12-8(3,4)9(5,6)13-10;1-3-2/h7H,1-6H3;3H2,1-2H3. The predicted molar refractivity (Wildman–Crippen MR) is 68.3 cm³/mol.